The summed E-state index contributed by atoms with van der Waals surface area (Å²) < 4.78 is 0.640. The predicted molar refractivity (Wildman–Crippen MR) is 46.3 cm³/mol. The second-order valence-corrected chi connectivity index (χ2v) is 2.85. The zero-order chi connectivity index (χ0) is 8.27. The first-order valence-corrected chi connectivity index (χ1v) is 4.44. The first-order valence-electron chi connectivity index (χ1n) is 3.65. The lowest BCUT2D eigenvalue weighted by atomic mass is 10.4. The van der Waals surface area contributed by atoms with E-state index >= 15 is 0 Å². The van der Waals surface area contributed by atoms with Crippen LogP contribution in [0, 0.1) is 0 Å². The molecule has 0 saturated heterocycles. The number of aryl methyl sites for hydroxylation is 2. The van der Waals surface area contributed by atoms with E-state index in [-0.39, 0.29) is 0 Å². The van der Waals surface area contributed by atoms with Crippen molar-refractivity contribution in [1.82, 2.24) is 15.0 Å². The molecule has 0 unspecified atom stereocenters. The highest BCUT2D eigenvalue weighted by atomic mass is 79.9. The normalized spacial score (nSPS) is 10.1. The third-order valence-electron chi connectivity index (χ3n) is 1.33. The van der Waals surface area contributed by atoms with E-state index in [4.69, 9.17) is 0 Å². The van der Waals surface area contributed by atoms with Crippen LogP contribution in [0.1, 0.15) is 25.5 Å². The molecule has 0 aliphatic carbocycles. The molecule has 1 heterocycles. The van der Waals surface area contributed by atoms with Crippen molar-refractivity contribution in [3.8, 4) is 0 Å². The van der Waals surface area contributed by atoms with Gasteiger partial charge in [-0.25, -0.2) is 15.0 Å². The van der Waals surface area contributed by atoms with Gasteiger partial charge < -0.3 is 0 Å². The highest BCUT2D eigenvalue weighted by Gasteiger charge is 1.99. The molecule has 0 radical (unpaired) electrons. The Hall–Kier alpha value is -0.510. The molecule has 0 saturated carbocycles. The van der Waals surface area contributed by atoms with E-state index in [1.807, 2.05) is 13.8 Å². The quantitative estimate of drug-likeness (QED) is 0.755. The Balaban J connectivity index is 3.02. The largest absolute Gasteiger partial charge is 0.218 e. The molecule has 0 amide bonds. The van der Waals surface area contributed by atoms with Crippen LogP contribution >= 0.6 is 15.9 Å². The van der Waals surface area contributed by atoms with Gasteiger partial charge in [0.2, 0.25) is 0 Å². The molecule has 0 bridgehead atoms. The molecule has 1 aromatic rings. The first-order chi connectivity index (χ1) is 5.26. The van der Waals surface area contributed by atoms with Crippen molar-refractivity contribution < 1.29 is 0 Å². The van der Waals surface area contributed by atoms with Gasteiger partial charge in [-0.3, -0.25) is 0 Å². The summed E-state index contributed by atoms with van der Waals surface area (Å²) >= 11 is 3.23. The summed E-state index contributed by atoms with van der Waals surface area (Å²) in [4.78, 5) is 12.4. The van der Waals surface area contributed by atoms with Crippen molar-refractivity contribution in [2.75, 3.05) is 0 Å². The fraction of sp³-hybridized carbons (Fsp3) is 0.571. The van der Waals surface area contributed by atoms with Gasteiger partial charge >= 0.3 is 0 Å². The summed E-state index contributed by atoms with van der Waals surface area (Å²) in [6.07, 6.45) is 1.71. The third-order valence-corrected chi connectivity index (χ3v) is 1.69. The van der Waals surface area contributed by atoms with Crippen LogP contribution in [-0.4, -0.2) is 15.0 Å². The molecule has 0 aliphatic heterocycles. The third kappa shape index (κ3) is 2.22. The van der Waals surface area contributed by atoms with E-state index in [1.54, 1.807) is 0 Å². The number of nitrogens with zero attached hydrogens (tertiary/aromatic N) is 3. The van der Waals surface area contributed by atoms with E-state index < -0.39 is 0 Å². The number of aromatic nitrogens is 3. The van der Waals surface area contributed by atoms with Crippen LogP contribution < -0.4 is 0 Å². The van der Waals surface area contributed by atoms with Crippen LogP contribution in [0.5, 0.6) is 0 Å². The molecule has 0 atom stereocenters. The average molecular weight is 216 g/mol. The van der Waals surface area contributed by atoms with E-state index in [0.717, 1.165) is 24.5 Å². The Morgan fingerprint density at radius 3 is 1.82 bits per heavy atom. The van der Waals surface area contributed by atoms with Crippen molar-refractivity contribution in [3.05, 3.63) is 16.4 Å². The maximum Gasteiger partial charge on any atom is 0.200 e. The zero-order valence-electron chi connectivity index (χ0n) is 6.63. The molecular weight excluding hydrogens is 206 g/mol. The summed E-state index contributed by atoms with van der Waals surface area (Å²) in [5.41, 5.74) is 0. The van der Waals surface area contributed by atoms with Gasteiger partial charge in [0.1, 0.15) is 11.6 Å². The topological polar surface area (TPSA) is 38.7 Å². The second kappa shape index (κ2) is 3.76. The molecule has 0 aromatic carbocycles. The summed E-state index contributed by atoms with van der Waals surface area (Å²) in [5, 5.41) is 0. The van der Waals surface area contributed by atoms with Gasteiger partial charge in [-0.15, -0.1) is 0 Å². The molecule has 3 nitrogen and oxygen atoms in total. The minimum atomic E-state index is 0.640. The van der Waals surface area contributed by atoms with Crippen LogP contribution in [0.25, 0.3) is 0 Å². The molecule has 11 heavy (non-hydrogen) atoms. The number of rotatable bonds is 2. The highest BCUT2D eigenvalue weighted by Crippen LogP contribution is 2.03. The minimum Gasteiger partial charge on any atom is -0.218 e. The monoisotopic (exact) mass is 215 g/mol. The lowest BCUT2D eigenvalue weighted by molar-refractivity contribution is 0.808. The summed E-state index contributed by atoms with van der Waals surface area (Å²) in [5.74, 6) is 1.70. The minimum absolute atomic E-state index is 0.640. The molecule has 4 heteroatoms. The fourth-order valence-corrected chi connectivity index (χ4v) is 1.16. The SMILES string of the molecule is CCc1nc(Br)nc(CC)n1. The number of hydrogen-bond acceptors (Lipinski definition) is 3. The van der Waals surface area contributed by atoms with Gasteiger partial charge in [-0.05, 0) is 15.9 Å². The second-order valence-electron chi connectivity index (χ2n) is 2.14. The molecule has 0 aliphatic rings. The Labute approximate surface area is 74.4 Å². The van der Waals surface area contributed by atoms with Gasteiger partial charge in [0.25, 0.3) is 0 Å². The highest BCUT2D eigenvalue weighted by molar-refractivity contribution is 9.10. The van der Waals surface area contributed by atoms with E-state index in [9.17, 15) is 0 Å². The predicted octanol–water partition coefficient (Wildman–Crippen LogP) is 1.76. The van der Waals surface area contributed by atoms with Gasteiger partial charge in [-0.1, -0.05) is 13.8 Å². The summed E-state index contributed by atoms with van der Waals surface area (Å²) in [6, 6.07) is 0. The van der Waals surface area contributed by atoms with Crippen LogP contribution in [-0.2, 0) is 12.8 Å². The lowest BCUT2D eigenvalue weighted by Gasteiger charge is -1.98. The van der Waals surface area contributed by atoms with E-state index in [2.05, 4.69) is 30.9 Å². The Bertz CT molecular complexity index is 227. The maximum absolute atomic E-state index is 4.22. The van der Waals surface area contributed by atoms with Gasteiger partial charge in [-0.2, -0.15) is 0 Å². The van der Waals surface area contributed by atoms with Crippen LogP contribution in [0.15, 0.2) is 4.73 Å². The van der Waals surface area contributed by atoms with Crippen molar-refractivity contribution >= 4 is 15.9 Å². The average Bonchev–Trinajstić information content (AvgIpc) is 2.03. The van der Waals surface area contributed by atoms with Crippen molar-refractivity contribution in [2.45, 2.75) is 26.7 Å². The maximum atomic E-state index is 4.22. The standard InChI is InChI=1S/C7H10BrN3/c1-3-5-9-6(4-2)11-7(8)10-5/h3-4H2,1-2H3. The first kappa shape index (κ1) is 8.59. The van der Waals surface area contributed by atoms with Gasteiger partial charge in [0.05, 0.1) is 0 Å². The fourth-order valence-electron chi connectivity index (χ4n) is 0.753. The molecule has 1 aromatic heterocycles. The Kier molecular flexibility index (Phi) is 2.93. The molecular formula is C7H10BrN3. The van der Waals surface area contributed by atoms with Crippen LogP contribution in [0.4, 0.5) is 0 Å². The summed E-state index contributed by atoms with van der Waals surface area (Å²) in [7, 11) is 0. The van der Waals surface area contributed by atoms with Crippen molar-refractivity contribution in [1.29, 1.82) is 0 Å². The molecule has 0 N–H and O–H groups in total. The molecule has 60 valence electrons. The van der Waals surface area contributed by atoms with E-state index in [0.29, 0.717) is 4.73 Å². The zero-order valence-corrected chi connectivity index (χ0v) is 8.22. The number of halogens is 1. The lowest BCUT2D eigenvalue weighted by Crippen LogP contribution is -2.01. The molecule has 0 fully saturated rings. The van der Waals surface area contributed by atoms with Crippen LogP contribution in [0.2, 0.25) is 0 Å². The molecule has 1 rings (SSSR count). The van der Waals surface area contributed by atoms with Gasteiger partial charge in [0.15, 0.2) is 4.73 Å². The molecule has 0 spiro atoms. The smallest absolute Gasteiger partial charge is 0.200 e. The summed E-state index contributed by atoms with van der Waals surface area (Å²) in [6.45, 7) is 4.06. The number of hydrogen-bond donors (Lipinski definition) is 0. The van der Waals surface area contributed by atoms with E-state index in [1.165, 1.54) is 0 Å². The van der Waals surface area contributed by atoms with Crippen molar-refractivity contribution in [2.24, 2.45) is 0 Å². The van der Waals surface area contributed by atoms with Gasteiger partial charge in [0, 0.05) is 12.8 Å². The van der Waals surface area contributed by atoms with Crippen LogP contribution in [0.3, 0.4) is 0 Å². The Morgan fingerprint density at radius 2 is 1.45 bits per heavy atom. The Morgan fingerprint density at radius 1 is 1.00 bits per heavy atom. The van der Waals surface area contributed by atoms with Crippen molar-refractivity contribution in [3.63, 3.8) is 0 Å².